The molecule has 11 heteroatoms. The molecule has 0 aromatic heterocycles. The molecular weight excluding hydrogens is 459 g/mol. The average Bonchev–Trinajstić information content (AvgIpc) is 2.75. The summed E-state index contributed by atoms with van der Waals surface area (Å²) in [6, 6.07) is 2.58. The minimum absolute atomic E-state index is 0.0642. The van der Waals surface area contributed by atoms with Crippen molar-refractivity contribution in [3.05, 3.63) is 58.4 Å². The van der Waals surface area contributed by atoms with Crippen molar-refractivity contribution in [2.75, 3.05) is 19.8 Å². The fraction of sp³-hybridized carbons (Fsp3) is 0.545. The standard InChI is InChI=1S/C22H26F7NO3/c23-18-5-3-14(10-16(18)21(24,25)26)2-1-9-33-19-6-4-15(11-17(19)22(27,28)29)7-8-20(30,12-31)13-32/h3-5,10-11,19,31-32H,1-2,6-9,12-13,30H2. The number of rotatable bonds is 10. The maximum atomic E-state index is 13.5. The molecule has 1 atom stereocenters. The van der Waals surface area contributed by atoms with Crippen LogP contribution >= 0.6 is 0 Å². The van der Waals surface area contributed by atoms with Crippen LogP contribution in [0, 0.1) is 5.82 Å². The molecule has 0 saturated carbocycles. The second-order valence-electron chi connectivity index (χ2n) is 8.07. The first-order chi connectivity index (χ1) is 15.3. The zero-order valence-electron chi connectivity index (χ0n) is 17.6. The van der Waals surface area contributed by atoms with Crippen LogP contribution in [0.2, 0.25) is 0 Å². The van der Waals surface area contributed by atoms with E-state index in [1.807, 2.05) is 0 Å². The number of hydrogen-bond donors (Lipinski definition) is 3. The Morgan fingerprint density at radius 2 is 1.67 bits per heavy atom. The van der Waals surface area contributed by atoms with Crippen molar-refractivity contribution in [2.45, 2.75) is 56.1 Å². The fourth-order valence-electron chi connectivity index (χ4n) is 3.38. The van der Waals surface area contributed by atoms with E-state index >= 15 is 0 Å². The van der Waals surface area contributed by atoms with Crippen molar-refractivity contribution in [3.8, 4) is 0 Å². The molecule has 2 rings (SSSR count). The van der Waals surface area contributed by atoms with Gasteiger partial charge in [-0.25, -0.2) is 4.39 Å². The molecule has 33 heavy (non-hydrogen) atoms. The van der Waals surface area contributed by atoms with Crippen LogP contribution in [0.5, 0.6) is 0 Å². The Bertz CT molecular complexity index is 859. The topological polar surface area (TPSA) is 75.7 Å². The fourth-order valence-corrected chi connectivity index (χ4v) is 3.38. The lowest BCUT2D eigenvalue weighted by Gasteiger charge is -2.28. The molecule has 1 unspecified atom stereocenters. The summed E-state index contributed by atoms with van der Waals surface area (Å²) in [6.45, 7) is -1.17. The number of aliphatic hydroxyl groups is 2. The summed E-state index contributed by atoms with van der Waals surface area (Å²) in [5.41, 5.74) is 2.72. The van der Waals surface area contributed by atoms with Gasteiger partial charge in [0.25, 0.3) is 0 Å². The van der Waals surface area contributed by atoms with Gasteiger partial charge in [0.1, 0.15) is 5.82 Å². The Kier molecular flexibility index (Phi) is 9.09. The number of aryl methyl sites for hydroxylation is 1. The van der Waals surface area contributed by atoms with Crippen molar-refractivity contribution < 1.29 is 45.7 Å². The van der Waals surface area contributed by atoms with E-state index in [2.05, 4.69) is 0 Å². The number of ether oxygens (including phenoxy) is 1. The van der Waals surface area contributed by atoms with E-state index in [0.717, 1.165) is 6.08 Å². The smallest absolute Gasteiger partial charge is 0.394 e. The molecule has 186 valence electrons. The largest absolute Gasteiger partial charge is 0.419 e. The zero-order chi connectivity index (χ0) is 24.9. The van der Waals surface area contributed by atoms with Gasteiger partial charge in [0, 0.05) is 6.61 Å². The third kappa shape index (κ3) is 7.80. The minimum Gasteiger partial charge on any atom is -0.394 e. The highest BCUT2D eigenvalue weighted by Crippen LogP contribution is 2.36. The molecule has 0 spiro atoms. The lowest BCUT2D eigenvalue weighted by Crippen LogP contribution is -2.47. The van der Waals surface area contributed by atoms with Gasteiger partial charge in [-0.05, 0) is 55.9 Å². The van der Waals surface area contributed by atoms with Gasteiger partial charge < -0.3 is 20.7 Å². The van der Waals surface area contributed by atoms with Crippen molar-refractivity contribution in [1.82, 2.24) is 0 Å². The van der Waals surface area contributed by atoms with Crippen LogP contribution in [-0.4, -0.2) is 47.9 Å². The number of aliphatic hydroxyl groups excluding tert-OH is 2. The van der Waals surface area contributed by atoms with Crippen LogP contribution in [0.15, 0.2) is 41.5 Å². The van der Waals surface area contributed by atoms with Crippen molar-refractivity contribution in [3.63, 3.8) is 0 Å². The van der Waals surface area contributed by atoms with E-state index in [0.29, 0.717) is 17.7 Å². The summed E-state index contributed by atoms with van der Waals surface area (Å²) in [6.07, 6.45) is -7.90. The van der Waals surface area contributed by atoms with E-state index in [1.54, 1.807) is 6.08 Å². The van der Waals surface area contributed by atoms with Gasteiger partial charge in [0.05, 0.1) is 36.0 Å². The lowest BCUT2D eigenvalue weighted by molar-refractivity contribution is -0.140. The molecule has 0 fully saturated rings. The maximum absolute atomic E-state index is 13.5. The molecule has 1 aromatic carbocycles. The van der Waals surface area contributed by atoms with Crippen LogP contribution < -0.4 is 5.73 Å². The molecule has 0 bridgehead atoms. The summed E-state index contributed by atoms with van der Waals surface area (Å²) < 4.78 is 97.6. The Balaban J connectivity index is 1.96. The average molecular weight is 485 g/mol. The van der Waals surface area contributed by atoms with E-state index in [-0.39, 0.29) is 44.3 Å². The van der Waals surface area contributed by atoms with Gasteiger partial charge in [0.15, 0.2) is 0 Å². The summed E-state index contributed by atoms with van der Waals surface area (Å²) in [5.74, 6) is -1.39. The van der Waals surface area contributed by atoms with Gasteiger partial charge in [-0.1, -0.05) is 17.7 Å². The van der Waals surface area contributed by atoms with Crippen LogP contribution in [-0.2, 0) is 17.3 Å². The van der Waals surface area contributed by atoms with E-state index in [4.69, 9.17) is 10.5 Å². The molecule has 1 aromatic rings. The molecule has 0 radical (unpaired) electrons. The Hall–Kier alpha value is -1.95. The highest BCUT2D eigenvalue weighted by Gasteiger charge is 2.40. The first-order valence-corrected chi connectivity index (χ1v) is 10.2. The minimum atomic E-state index is -4.84. The Morgan fingerprint density at radius 1 is 1.00 bits per heavy atom. The van der Waals surface area contributed by atoms with Gasteiger partial charge in [-0.15, -0.1) is 0 Å². The predicted molar refractivity (Wildman–Crippen MR) is 107 cm³/mol. The van der Waals surface area contributed by atoms with Crippen LogP contribution in [0.4, 0.5) is 30.7 Å². The number of alkyl halides is 6. The quantitative estimate of drug-likeness (QED) is 0.338. The number of halogens is 7. The second kappa shape index (κ2) is 11.0. The number of allylic oxidation sites excluding steroid dienone is 2. The molecule has 0 heterocycles. The first kappa shape index (κ1) is 27.3. The van der Waals surface area contributed by atoms with Gasteiger partial charge in [-0.3, -0.25) is 0 Å². The lowest BCUT2D eigenvalue weighted by atomic mass is 9.89. The second-order valence-corrected chi connectivity index (χ2v) is 8.07. The van der Waals surface area contributed by atoms with E-state index in [1.165, 1.54) is 6.07 Å². The molecule has 0 amide bonds. The maximum Gasteiger partial charge on any atom is 0.419 e. The Labute approximate surface area is 186 Å². The summed E-state index contributed by atoms with van der Waals surface area (Å²) in [4.78, 5) is 0. The van der Waals surface area contributed by atoms with Gasteiger partial charge in [-0.2, -0.15) is 26.3 Å². The van der Waals surface area contributed by atoms with Crippen LogP contribution in [0.1, 0.15) is 36.8 Å². The molecule has 0 saturated heterocycles. The van der Waals surface area contributed by atoms with Crippen molar-refractivity contribution in [1.29, 1.82) is 0 Å². The first-order valence-electron chi connectivity index (χ1n) is 10.2. The molecule has 4 nitrogen and oxygen atoms in total. The normalized spacial score (nSPS) is 17.7. The molecule has 1 aliphatic rings. The summed E-state index contributed by atoms with van der Waals surface area (Å²) in [7, 11) is 0. The van der Waals surface area contributed by atoms with Crippen molar-refractivity contribution in [2.24, 2.45) is 5.73 Å². The van der Waals surface area contributed by atoms with Crippen LogP contribution in [0.3, 0.4) is 0 Å². The summed E-state index contributed by atoms with van der Waals surface area (Å²) in [5, 5.41) is 18.4. The SMILES string of the molecule is NC(CO)(CO)CCC1=CCC(OCCCc2ccc(F)c(C(F)(F)F)c2)C(C(F)(F)F)=C1. The monoisotopic (exact) mass is 485 g/mol. The Morgan fingerprint density at radius 3 is 2.24 bits per heavy atom. The van der Waals surface area contributed by atoms with E-state index < -0.39 is 54.2 Å². The number of benzene rings is 1. The highest BCUT2D eigenvalue weighted by molar-refractivity contribution is 5.34. The third-order valence-electron chi connectivity index (χ3n) is 5.42. The number of hydrogen-bond acceptors (Lipinski definition) is 4. The van der Waals surface area contributed by atoms with E-state index in [9.17, 15) is 40.9 Å². The molecule has 1 aliphatic carbocycles. The molecule has 4 N–H and O–H groups in total. The predicted octanol–water partition coefficient (Wildman–Crippen LogP) is 4.44. The van der Waals surface area contributed by atoms with Gasteiger partial charge in [0.2, 0.25) is 0 Å². The summed E-state index contributed by atoms with van der Waals surface area (Å²) >= 11 is 0. The van der Waals surface area contributed by atoms with Crippen LogP contribution in [0.25, 0.3) is 0 Å². The van der Waals surface area contributed by atoms with Crippen molar-refractivity contribution >= 4 is 0 Å². The molecule has 0 aliphatic heterocycles. The highest BCUT2D eigenvalue weighted by atomic mass is 19.4. The number of nitrogens with two attached hydrogens (primary N) is 1. The molecular formula is C22H26F7NO3. The van der Waals surface area contributed by atoms with Gasteiger partial charge >= 0.3 is 12.4 Å². The third-order valence-corrected chi connectivity index (χ3v) is 5.42. The zero-order valence-corrected chi connectivity index (χ0v) is 17.6.